The average molecular weight is 553 g/mol. The molecule has 4 N–H and O–H groups in total. The maximum Gasteiger partial charge on any atom is 0.113 e. The van der Waals surface area contributed by atoms with Crippen molar-refractivity contribution in [1.29, 1.82) is 0 Å². The van der Waals surface area contributed by atoms with Crippen LogP contribution in [0.5, 0.6) is 0 Å². The van der Waals surface area contributed by atoms with Gasteiger partial charge in [0.25, 0.3) is 0 Å². The van der Waals surface area contributed by atoms with Crippen molar-refractivity contribution >= 4 is 0 Å². The van der Waals surface area contributed by atoms with Crippen LogP contribution < -0.4 is 0 Å². The lowest BCUT2D eigenvalue weighted by atomic mass is 9.72. The summed E-state index contributed by atoms with van der Waals surface area (Å²) >= 11 is 0. The first-order chi connectivity index (χ1) is 19.1. The topological polar surface area (TPSA) is 80.9 Å². The highest BCUT2D eigenvalue weighted by atomic mass is 16.3. The SMILES string of the molecule is CCCCCCCCCCCCCC=CC(O)(C=CCCCCCCCCCCCCC)C(CO)(CO)CO. The van der Waals surface area contributed by atoms with E-state index in [4.69, 9.17) is 0 Å². The van der Waals surface area contributed by atoms with Crippen molar-refractivity contribution in [3.63, 3.8) is 0 Å². The fourth-order valence-electron chi connectivity index (χ4n) is 5.32. The molecule has 0 aliphatic rings. The minimum absolute atomic E-state index is 0.484. The van der Waals surface area contributed by atoms with Gasteiger partial charge >= 0.3 is 0 Å². The van der Waals surface area contributed by atoms with E-state index in [0.29, 0.717) is 0 Å². The van der Waals surface area contributed by atoms with E-state index in [1.807, 2.05) is 12.2 Å². The Kier molecular flexibility index (Phi) is 27.0. The van der Waals surface area contributed by atoms with E-state index in [1.54, 1.807) is 12.2 Å². The second-order valence-electron chi connectivity index (χ2n) is 12.0. The van der Waals surface area contributed by atoms with E-state index < -0.39 is 30.8 Å². The maximum atomic E-state index is 11.4. The van der Waals surface area contributed by atoms with Gasteiger partial charge < -0.3 is 20.4 Å². The second kappa shape index (κ2) is 27.5. The van der Waals surface area contributed by atoms with E-state index in [2.05, 4.69) is 13.8 Å². The molecule has 0 fully saturated rings. The third kappa shape index (κ3) is 19.1. The van der Waals surface area contributed by atoms with E-state index >= 15 is 0 Å². The third-order valence-electron chi connectivity index (χ3n) is 8.45. The summed E-state index contributed by atoms with van der Waals surface area (Å²) in [6.45, 7) is 3.07. The molecule has 0 saturated carbocycles. The zero-order valence-corrected chi connectivity index (χ0v) is 26.2. The number of rotatable bonds is 30. The summed E-state index contributed by atoms with van der Waals surface area (Å²) in [6.07, 6.45) is 37.6. The van der Waals surface area contributed by atoms with Gasteiger partial charge in [-0.1, -0.05) is 167 Å². The van der Waals surface area contributed by atoms with Crippen molar-refractivity contribution in [2.45, 2.75) is 174 Å². The molecule has 0 radical (unpaired) electrons. The molecular formula is C35H68O4. The van der Waals surface area contributed by atoms with Gasteiger partial charge in [-0.2, -0.15) is 0 Å². The van der Waals surface area contributed by atoms with Crippen molar-refractivity contribution in [1.82, 2.24) is 0 Å². The van der Waals surface area contributed by atoms with Gasteiger partial charge in [-0.25, -0.2) is 0 Å². The van der Waals surface area contributed by atoms with Crippen LogP contribution in [0.1, 0.15) is 168 Å². The monoisotopic (exact) mass is 553 g/mol. The zero-order chi connectivity index (χ0) is 28.9. The number of aliphatic hydroxyl groups is 4. The minimum Gasteiger partial charge on any atom is -0.395 e. The summed E-state index contributed by atoms with van der Waals surface area (Å²) in [4.78, 5) is 0. The van der Waals surface area contributed by atoms with Crippen molar-refractivity contribution < 1.29 is 20.4 Å². The fourth-order valence-corrected chi connectivity index (χ4v) is 5.32. The van der Waals surface area contributed by atoms with E-state index in [1.165, 1.54) is 128 Å². The molecule has 0 heterocycles. The van der Waals surface area contributed by atoms with Crippen molar-refractivity contribution in [2.24, 2.45) is 5.41 Å². The van der Waals surface area contributed by atoms with Gasteiger partial charge in [-0.05, 0) is 25.7 Å². The van der Waals surface area contributed by atoms with E-state index in [0.717, 1.165) is 25.7 Å². The lowest BCUT2D eigenvalue weighted by Gasteiger charge is -2.40. The Bertz CT molecular complexity index is 509. The number of hydrogen-bond acceptors (Lipinski definition) is 4. The number of aliphatic hydroxyl groups excluding tert-OH is 3. The maximum absolute atomic E-state index is 11.4. The fraction of sp³-hybridized carbons (Fsp3) is 0.886. The van der Waals surface area contributed by atoms with Gasteiger partial charge in [0.15, 0.2) is 0 Å². The molecule has 232 valence electrons. The molecule has 0 aromatic carbocycles. The molecule has 0 aliphatic heterocycles. The zero-order valence-electron chi connectivity index (χ0n) is 26.2. The summed E-state index contributed by atoms with van der Waals surface area (Å²) in [5.41, 5.74) is -2.96. The summed E-state index contributed by atoms with van der Waals surface area (Å²) < 4.78 is 0. The molecule has 0 aromatic heterocycles. The van der Waals surface area contributed by atoms with Gasteiger partial charge in [0, 0.05) is 0 Å². The molecule has 0 bridgehead atoms. The predicted octanol–water partition coefficient (Wildman–Crippen LogP) is 9.20. The quantitative estimate of drug-likeness (QED) is 0.0529. The van der Waals surface area contributed by atoms with E-state index in [9.17, 15) is 20.4 Å². The first-order valence-electron chi connectivity index (χ1n) is 17.0. The lowest BCUT2D eigenvalue weighted by molar-refractivity contribution is -0.102. The first-order valence-corrected chi connectivity index (χ1v) is 17.0. The molecule has 0 atom stereocenters. The summed E-state index contributed by atoms with van der Waals surface area (Å²) in [5.74, 6) is 0. The Morgan fingerprint density at radius 2 is 0.667 bits per heavy atom. The van der Waals surface area contributed by atoms with Crippen LogP contribution in [0, 0.1) is 5.41 Å². The molecule has 0 unspecified atom stereocenters. The second-order valence-corrected chi connectivity index (χ2v) is 12.0. The highest BCUT2D eigenvalue weighted by Gasteiger charge is 2.46. The molecule has 4 nitrogen and oxygen atoms in total. The third-order valence-corrected chi connectivity index (χ3v) is 8.45. The summed E-state index contributed by atoms with van der Waals surface area (Å²) in [6, 6.07) is 0. The van der Waals surface area contributed by atoms with Crippen LogP contribution in [0.25, 0.3) is 0 Å². The normalized spacial score (nSPS) is 14.1. The van der Waals surface area contributed by atoms with E-state index in [-0.39, 0.29) is 0 Å². The molecule has 4 heteroatoms. The summed E-state index contributed by atoms with van der Waals surface area (Å²) in [5, 5.41) is 41.3. The molecule has 0 amide bonds. The first kappa shape index (κ1) is 38.3. The molecule has 0 rings (SSSR count). The lowest BCUT2D eigenvalue weighted by Crippen LogP contribution is -2.53. The van der Waals surface area contributed by atoms with Crippen LogP contribution in [-0.2, 0) is 0 Å². The number of unbranched alkanes of at least 4 members (excludes halogenated alkanes) is 22. The van der Waals surface area contributed by atoms with Gasteiger partial charge in [0.2, 0.25) is 0 Å². The van der Waals surface area contributed by atoms with Crippen LogP contribution >= 0.6 is 0 Å². The molecular weight excluding hydrogens is 484 g/mol. The number of hydrogen-bond donors (Lipinski definition) is 4. The van der Waals surface area contributed by atoms with Crippen molar-refractivity contribution in [3.8, 4) is 0 Å². The average Bonchev–Trinajstić information content (AvgIpc) is 2.95. The van der Waals surface area contributed by atoms with Crippen LogP contribution in [-0.4, -0.2) is 45.8 Å². The Morgan fingerprint density at radius 3 is 0.923 bits per heavy atom. The van der Waals surface area contributed by atoms with Gasteiger partial charge in [-0.15, -0.1) is 0 Å². The standard InChI is InChI=1S/C35H68O4/c1-3-5-7-9-11-13-15-17-19-21-23-25-27-29-35(39,34(31-36,32-37)33-38)30-28-26-24-22-20-18-16-14-12-10-8-6-4-2/h27-30,36-39H,3-26,31-33H2,1-2H3. The molecule has 39 heavy (non-hydrogen) atoms. The van der Waals surface area contributed by atoms with Crippen LogP contribution in [0.3, 0.4) is 0 Å². The highest BCUT2D eigenvalue weighted by Crippen LogP contribution is 2.34. The minimum atomic E-state index is -1.57. The molecule has 0 spiro atoms. The van der Waals surface area contributed by atoms with Crippen LogP contribution in [0.2, 0.25) is 0 Å². The Morgan fingerprint density at radius 1 is 0.410 bits per heavy atom. The van der Waals surface area contributed by atoms with Crippen LogP contribution in [0.15, 0.2) is 24.3 Å². The van der Waals surface area contributed by atoms with Gasteiger partial charge in [-0.3, -0.25) is 0 Å². The van der Waals surface area contributed by atoms with Crippen molar-refractivity contribution in [2.75, 3.05) is 19.8 Å². The molecule has 0 aliphatic carbocycles. The highest BCUT2D eigenvalue weighted by molar-refractivity contribution is 5.21. The van der Waals surface area contributed by atoms with Gasteiger partial charge in [0.1, 0.15) is 5.60 Å². The largest absolute Gasteiger partial charge is 0.395 e. The molecule has 0 saturated heterocycles. The Balaban J connectivity index is 4.33. The summed E-state index contributed by atoms with van der Waals surface area (Å²) in [7, 11) is 0. The molecule has 0 aromatic rings. The van der Waals surface area contributed by atoms with Gasteiger partial charge in [0.05, 0.1) is 25.2 Å². The predicted molar refractivity (Wildman–Crippen MR) is 169 cm³/mol. The Labute approximate surface area is 243 Å². The van der Waals surface area contributed by atoms with Crippen molar-refractivity contribution in [3.05, 3.63) is 24.3 Å². The van der Waals surface area contributed by atoms with Crippen LogP contribution in [0.4, 0.5) is 0 Å². The number of allylic oxidation sites excluding steroid dienone is 2. The Hall–Kier alpha value is -0.680. The smallest absolute Gasteiger partial charge is 0.113 e.